The summed E-state index contributed by atoms with van der Waals surface area (Å²) in [6.45, 7) is 3.79. The van der Waals surface area contributed by atoms with Crippen molar-refractivity contribution in [3.05, 3.63) is 59.5 Å². The Morgan fingerprint density at radius 1 is 1.24 bits per heavy atom. The highest BCUT2D eigenvalue weighted by molar-refractivity contribution is 6.04. The van der Waals surface area contributed by atoms with Crippen LogP contribution in [0.15, 0.2) is 42.6 Å². The molecule has 0 aliphatic rings. The zero-order valence-corrected chi connectivity index (χ0v) is 11.8. The van der Waals surface area contributed by atoms with Gasteiger partial charge in [0.1, 0.15) is 17.1 Å². The molecule has 0 bridgehead atoms. The summed E-state index contributed by atoms with van der Waals surface area (Å²) in [5.41, 5.74) is 3.54. The van der Waals surface area contributed by atoms with E-state index < -0.39 is 0 Å². The van der Waals surface area contributed by atoms with Crippen LogP contribution in [0.1, 0.15) is 21.7 Å². The first-order chi connectivity index (χ1) is 10.0. The summed E-state index contributed by atoms with van der Waals surface area (Å²) in [4.78, 5) is 16.9. The van der Waals surface area contributed by atoms with Crippen molar-refractivity contribution in [1.82, 2.24) is 9.38 Å². The van der Waals surface area contributed by atoms with Gasteiger partial charge in [-0.2, -0.15) is 0 Å². The van der Waals surface area contributed by atoms with Gasteiger partial charge in [-0.25, -0.2) is 4.98 Å². The van der Waals surface area contributed by atoms with E-state index in [1.54, 1.807) is 29.5 Å². The van der Waals surface area contributed by atoms with Gasteiger partial charge in [0.25, 0.3) is 5.91 Å². The Hall–Kier alpha value is -2.82. The fourth-order valence-electron chi connectivity index (χ4n) is 2.31. The molecule has 0 saturated carbocycles. The van der Waals surface area contributed by atoms with E-state index >= 15 is 0 Å². The molecule has 0 fully saturated rings. The van der Waals surface area contributed by atoms with E-state index in [0.29, 0.717) is 17.1 Å². The van der Waals surface area contributed by atoms with E-state index in [1.807, 2.05) is 25.3 Å². The molecule has 2 N–H and O–H groups in total. The number of carbonyl (C=O) groups is 1. The number of phenolic OH excluding ortho intramolecular Hbond substituents is 1. The van der Waals surface area contributed by atoms with Crippen LogP contribution in [-0.4, -0.2) is 20.4 Å². The number of aromatic nitrogens is 2. The largest absolute Gasteiger partial charge is 0.508 e. The van der Waals surface area contributed by atoms with E-state index in [4.69, 9.17) is 0 Å². The third-order valence-electron chi connectivity index (χ3n) is 3.28. The molecule has 0 aliphatic heterocycles. The van der Waals surface area contributed by atoms with Crippen LogP contribution >= 0.6 is 0 Å². The second kappa shape index (κ2) is 4.94. The second-order valence-electron chi connectivity index (χ2n) is 4.98. The third kappa shape index (κ3) is 2.45. The fraction of sp³-hybridized carbons (Fsp3) is 0.125. The van der Waals surface area contributed by atoms with Gasteiger partial charge in [-0.1, -0.05) is 6.07 Å². The summed E-state index contributed by atoms with van der Waals surface area (Å²) >= 11 is 0. The third-order valence-corrected chi connectivity index (χ3v) is 3.28. The first-order valence-corrected chi connectivity index (χ1v) is 6.60. The molecule has 1 aromatic carbocycles. The van der Waals surface area contributed by atoms with Gasteiger partial charge >= 0.3 is 0 Å². The molecular weight excluding hydrogens is 266 g/mol. The Bertz CT molecular complexity index is 837. The predicted octanol–water partition coefficient (Wildman–Crippen LogP) is 2.91. The van der Waals surface area contributed by atoms with Gasteiger partial charge < -0.3 is 10.4 Å². The van der Waals surface area contributed by atoms with Crippen LogP contribution in [0.25, 0.3) is 5.65 Å². The number of aryl methyl sites for hydroxylation is 2. The SMILES string of the molecule is Cc1ccn2c(C(=O)Nc3cccc(O)c3)c(C)nc2c1. The highest BCUT2D eigenvalue weighted by atomic mass is 16.3. The minimum atomic E-state index is -0.255. The number of phenols is 1. The van der Waals surface area contributed by atoms with E-state index in [1.165, 1.54) is 6.07 Å². The van der Waals surface area contributed by atoms with Crippen LogP contribution in [-0.2, 0) is 0 Å². The maximum absolute atomic E-state index is 12.5. The summed E-state index contributed by atoms with van der Waals surface area (Å²) in [5.74, 6) is -0.146. The minimum absolute atomic E-state index is 0.110. The molecule has 3 aromatic rings. The molecule has 1 amide bonds. The summed E-state index contributed by atoms with van der Waals surface area (Å²) in [6, 6.07) is 10.3. The van der Waals surface area contributed by atoms with Crippen LogP contribution in [0.2, 0.25) is 0 Å². The number of imidazole rings is 1. The maximum Gasteiger partial charge on any atom is 0.274 e. The highest BCUT2D eigenvalue weighted by Crippen LogP contribution is 2.18. The number of nitrogens with one attached hydrogen (secondary N) is 1. The summed E-state index contributed by atoms with van der Waals surface area (Å²) < 4.78 is 1.76. The van der Waals surface area contributed by atoms with Crippen molar-refractivity contribution in [3.63, 3.8) is 0 Å². The molecule has 3 rings (SSSR count). The highest BCUT2D eigenvalue weighted by Gasteiger charge is 2.16. The number of anilines is 1. The Balaban J connectivity index is 2.00. The maximum atomic E-state index is 12.5. The van der Waals surface area contributed by atoms with Gasteiger partial charge in [0, 0.05) is 18.0 Å². The molecule has 0 saturated heterocycles. The van der Waals surface area contributed by atoms with Crippen molar-refractivity contribution >= 4 is 17.2 Å². The number of carbonyl (C=O) groups excluding carboxylic acids is 1. The van der Waals surface area contributed by atoms with Crippen molar-refractivity contribution < 1.29 is 9.90 Å². The number of pyridine rings is 1. The molecule has 0 spiro atoms. The van der Waals surface area contributed by atoms with E-state index in [2.05, 4.69) is 10.3 Å². The van der Waals surface area contributed by atoms with Gasteiger partial charge in [0.15, 0.2) is 0 Å². The lowest BCUT2D eigenvalue weighted by molar-refractivity contribution is 0.102. The number of benzene rings is 1. The van der Waals surface area contributed by atoms with Crippen molar-refractivity contribution in [3.8, 4) is 5.75 Å². The summed E-state index contributed by atoms with van der Waals surface area (Å²) in [7, 11) is 0. The lowest BCUT2D eigenvalue weighted by atomic mass is 10.2. The van der Waals surface area contributed by atoms with Gasteiger partial charge in [0.05, 0.1) is 5.69 Å². The number of hydrogen-bond donors (Lipinski definition) is 2. The first-order valence-electron chi connectivity index (χ1n) is 6.60. The Morgan fingerprint density at radius 3 is 2.81 bits per heavy atom. The molecule has 0 unspecified atom stereocenters. The lowest BCUT2D eigenvalue weighted by Gasteiger charge is -2.06. The zero-order chi connectivity index (χ0) is 15.0. The van der Waals surface area contributed by atoms with Crippen LogP contribution in [0.5, 0.6) is 5.75 Å². The molecule has 0 radical (unpaired) electrons. The number of amides is 1. The first kappa shape index (κ1) is 13.2. The molecular formula is C16H15N3O2. The van der Waals surface area contributed by atoms with Crippen molar-refractivity contribution in [1.29, 1.82) is 0 Å². The van der Waals surface area contributed by atoms with Gasteiger partial charge in [-0.3, -0.25) is 9.20 Å². The smallest absolute Gasteiger partial charge is 0.274 e. The van der Waals surface area contributed by atoms with Crippen LogP contribution in [0.4, 0.5) is 5.69 Å². The molecule has 2 aromatic heterocycles. The molecule has 2 heterocycles. The lowest BCUT2D eigenvalue weighted by Crippen LogP contribution is -2.15. The number of fused-ring (bicyclic) bond motifs is 1. The number of aromatic hydroxyl groups is 1. The summed E-state index contributed by atoms with van der Waals surface area (Å²) in [6.07, 6.45) is 1.84. The average Bonchev–Trinajstić information content (AvgIpc) is 2.73. The van der Waals surface area contributed by atoms with Crippen LogP contribution in [0, 0.1) is 13.8 Å². The Morgan fingerprint density at radius 2 is 2.05 bits per heavy atom. The van der Waals surface area contributed by atoms with E-state index in [0.717, 1.165) is 11.2 Å². The topological polar surface area (TPSA) is 66.6 Å². The number of rotatable bonds is 2. The summed E-state index contributed by atoms with van der Waals surface area (Å²) in [5, 5.41) is 12.2. The molecule has 0 aliphatic carbocycles. The minimum Gasteiger partial charge on any atom is -0.508 e. The van der Waals surface area contributed by atoms with Crippen LogP contribution in [0.3, 0.4) is 0 Å². The molecule has 5 heteroatoms. The Labute approximate surface area is 121 Å². The van der Waals surface area contributed by atoms with E-state index in [9.17, 15) is 9.90 Å². The van der Waals surface area contributed by atoms with Gasteiger partial charge in [0.2, 0.25) is 0 Å². The van der Waals surface area contributed by atoms with Crippen molar-refractivity contribution in [2.75, 3.05) is 5.32 Å². The van der Waals surface area contributed by atoms with Crippen LogP contribution < -0.4 is 5.32 Å². The molecule has 5 nitrogen and oxygen atoms in total. The second-order valence-corrected chi connectivity index (χ2v) is 4.98. The van der Waals surface area contributed by atoms with Gasteiger partial charge in [-0.15, -0.1) is 0 Å². The van der Waals surface area contributed by atoms with E-state index in [-0.39, 0.29) is 11.7 Å². The number of hydrogen-bond acceptors (Lipinski definition) is 3. The standard InChI is InChI=1S/C16H15N3O2/c1-10-6-7-19-14(8-10)17-11(2)15(19)16(21)18-12-4-3-5-13(20)9-12/h3-9,20H,1-2H3,(H,18,21). The Kier molecular flexibility index (Phi) is 3.10. The number of nitrogens with zero attached hydrogens (tertiary/aromatic N) is 2. The predicted molar refractivity (Wildman–Crippen MR) is 80.7 cm³/mol. The fourth-order valence-corrected chi connectivity index (χ4v) is 2.31. The monoisotopic (exact) mass is 281 g/mol. The zero-order valence-electron chi connectivity index (χ0n) is 11.8. The molecule has 21 heavy (non-hydrogen) atoms. The van der Waals surface area contributed by atoms with Crippen molar-refractivity contribution in [2.24, 2.45) is 0 Å². The molecule has 106 valence electrons. The molecule has 0 atom stereocenters. The normalized spacial score (nSPS) is 10.8. The van der Waals surface area contributed by atoms with Crippen molar-refractivity contribution in [2.45, 2.75) is 13.8 Å². The quantitative estimate of drug-likeness (QED) is 0.759. The average molecular weight is 281 g/mol. The van der Waals surface area contributed by atoms with Gasteiger partial charge in [-0.05, 0) is 43.7 Å².